The Labute approximate surface area is 102 Å². The number of rotatable bonds is 3. The van der Waals surface area contributed by atoms with Crippen LogP contribution in [0.3, 0.4) is 0 Å². The highest BCUT2D eigenvalue weighted by Crippen LogP contribution is 2.50. The molecule has 1 unspecified atom stereocenters. The van der Waals surface area contributed by atoms with Gasteiger partial charge in [-0.15, -0.1) is 0 Å². The Bertz CT molecular complexity index is 395. The van der Waals surface area contributed by atoms with Crippen molar-refractivity contribution in [2.75, 3.05) is 0 Å². The molecule has 1 aliphatic heterocycles. The smallest absolute Gasteiger partial charge is 0.0175 e. The first-order chi connectivity index (χ1) is 7.72. The van der Waals surface area contributed by atoms with Gasteiger partial charge in [-0.3, -0.25) is 0 Å². The maximum absolute atomic E-state index is 5.95. The first-order valence-corrected chi connectivity index (χ1v) is 6.76. The van der Waals surface area contributed by atoms with Crippen molar-refractivity contribution >= 4 is 11.8 Å². The second kappa shape index (κ2) is 5.07. The summed E-state index contributed by atoms with van der Waals surface area (Å²) in [5.41, 5.74) is 7.41. The number of hydrogen-bond donors (Lipinski definition) is 1. The van der Waals surface area contributed by atoms with Crippen molar-refractivity contribution in [2.24, 2.45) is 5.73 Å². The molecule has 0 aliphatic carbocycles. The van der Waals surface area contributed by atoms with Crippen LogP contribution in [0, 0.1) is 0 Å². The van der Waals surface area contributed by atoms with Crippen LogP contribution in [0.5, 0.6) is 0 Å². The Balaban J connectivity index is 2.32. The lowest BCUT2D eigenvalue weighted by atomic mass is 9.92. The van der Waals surface area contributed by atoms with E-state index in [1.165, 1.54) is 15.4 Å². The molecule has 0 aromatic heterocycles. The number of thioether (sulfide) groups is 1. The normalized spacial score (nSPS) is 23.4. The van der Waals surface area contributed by atoms with Crippen LogP contribution in [0.4, 0.5) is 0 Å². The lowest BCUT2D eigenvalue weighted by Crippen LogP contribution is -2.18. The van der Waals surface area contributed by atoms with Gasteiger partial charge in [-0.25, -0.2) is 0 Å². The molecule has 0 fully saturated rings. The van der Waals surface area contributed by atoms with Crippen molar-refractivity contribution in [1.29, 1.82) is 0 Å². The molecule has 1 aliphatic rings. The first-order valence-electron chi connectivity index (χ1n) is 5.94. The summed E-state index contributed by atoms with van der Waals surface area (Å²) in [5, 5.41) is 0. The molecule has 1 heterocycles. The Morgan fingerprint density at radius 3 is 2.88 bits per heavy atom. The van der Waals surface area contributed by atoms with Crippen molar-refractivity contribution in [3.63, 3.8) is 0 Å². The molecular weight excluding hydrogens is 214 g/mol. The van der Waals surface area contributed by atoms with E-state index in [2.05, 4.69) is 44.2 Å². The van der Waals surface area contributed by atoms with Crippen LogP contribution in [0.15, 0.2) is 40.1 Å². The fourth-order valence-corrected chi connectivity index (χ4v) is 3.56. The summed E-state index contributed by atoms with van der Waals surface area (Å²) in [6, 6.07) is 8.96. The predicted molar refractivity (Wildman–Crippen MR) is 71.7 cm³/mol. The molecule has 1 nitrogen and oxygen atoms in total. The predicted octanol–water partition coefficient (Wildman–Crippen LogP) is 3.91. The van der Waals surface area contributed by atoms with E-state index in [1.807, 2.05) is 11.8 Å². The van der Waals surface area contributed by atoms with Crippen molar-refractivity contribution in [3.8, 4) is 0 Å². The molecule has 86 valence electrons. The van der Waals surface area contributed by atoms with E-state index >= 15 is 0 Å². The van der Waals surface area contributed by atoms with Crippen molar-refractivity contribution in [2.45, 2.75) is 43.5 Å². The summed E-state index contributed by atoms with van der Waals surface area (Å²) in [6.07, 6.45) is 4.50. The quantitative estimate of drug-likeness (QED) is 0.856. The van der Waals surface area contributed by atoms with Crippen LogP contribution in [-0.4, -0.2) is 6.04 Å². The van der Waals surface area contributed by atoms with Gasteiger partial charge in [0.2, 0.25) is 0 Å². The van der Waals surface area contributed by atoms with Gasteiger partial charge in [-0.1, -0.05) is 43.0 Å². The zero-order chi connectivity index (χ0) is 11.5. The highest BCUT2D eigenvalue weighted by atomic mass is 32.2. The number of nitrogens with two attached hydrogens (primary N) is 1. The largest absolute Gasteiger partial charge is 0.328 e. The van der Waals surface area contributed by atoms with E-state index in [1.54, 1.807) is 0 Å². The zero-order valence-electron chi connectivity index (χ0n) is 9.94. The van der Waals surface area contributed by atoms with Gasteiger partial charge in [0.05, 0.1) is 0 Å². The number of fused-ring (bicyclic) bond motifs is 1. The standard InChI is InChI=1S/C14H19NS/c1-3-6-13-12(9-10(2)15)11-7-4-5-8-14(11)16-13/h4-8,10,12H,3,9,15H2,1-2H3/b13-6+/t10-,12?/m1/s1. The van der Waals surface area contributed by atoms with Gasteiger partial charge < -0.3 is 5.73 Å². The second-order valence-electron chi connectivity index (χ2n) is 4.42. The summed E-state index contributed by atoms with van der Waals surface area (Å²) in [4.78, 5) is 2.90. The molecule has 0 amide bonds. The molecule has 0 bridgehead atoms. The summed E-state index contributed by atoms with van der Waals surface area (Å²) in [5.74, 6) is 0.529. The van der Waals surface area contributed by atoms with E-state index < -0.39 is 0 Å². The SMILES string of the molecule is CC/C=C1/Sc2ccccc2C1C[C@@H](C)N. The van der Waals surface area contributed by atoms with Gasteiger partial charge in [0.1, 0.15) is 0 Å². The Morgan fingerprint density at radius 1 is 1.44 bits per heavy atom. The Morgan fingerprint density at radius 2 is 2.19 bits per heavy atom. The average molecular weight is 233 g/mol. The minimum absolute atomic E-state index is 0.261. The third kappa shape index (κ3) is 2.33. The van der Waals surface area contributed by atoms with Crippen molar-refractivity contribution in [3.05, 3.63) is 40.8 Å². The second-order valence-corrected chi connectivity index (χ2v) is 5.54. The molecular formula is C14H19NS. The summed E-state index contributed by atoms with van der Waals surface area (Å²) in [7, 11) is 0. The maximum atomic E-state index is 5.95. The summed E-state index contributed by atoms with van der Waals surface area (Å²) in [6.45, 7) is 4.29. The number of allylic oxidation sites excluding steroid dienone is 2. The Hall–Kier alpha value is -0.730. The van der Waals surface area contributed by atoms with Crippen LogP contribution in [0.25, 0.3) is 0 Å². The summed E-state index contributed by atoms with van der Waals surface area (Å²) >= 11 is 1.92. The van der Waals surface area contributed by atoms with E-state index in [0.29, 0.717) is 5.92 Å². The van der Waals surface area contributed by atoms with Gasteiger partial charge in [-0.05, 0) is 36.3 Å². The van der Waals surface area contributed by atoms with Gasteiger partial charge in [0, 0.05) is 16.9 Å². The monoisotopic (exact) mass is 233 g/mol. The average Bonchev–Trinajstić information content (AvgIpc) is 2.57. The minimum atomic E-state index is 0.261. The lowest BCUT2D eigenvalue weighted by Gasteiger charge is -2.15. The minimum Gasteiger partial charge on any atom is -0.328 e. The van der Waals surface area contributed by atoms with Crippen LogP contribution in [0.2, 0.25) is 0 Å². The highest BCUT2D eigenvalue weighted by molar-refractivity contribution is 8.03. The third-order valence-corrected chi connectivity index (χ3v) is 4.16. The first kappa shape index (κ1) is 11.7. The molecule has 2 atom stereocenters. The van der Waals surface area contributed by atoms with Crippen LogP contribution in [0.1, 0.15) is 38.2 Å². The fourth-order valence-electron chi connectivity index (χ4n) is 2.21. The molecule has 2 rings (SSSR count). The molecule has 2 heteroatoms. The van der Waals surface area contributed by atoms with Crippen molar-refractivity contribution < 1.29 is 0 Å². The van der Waals surface area contributed by atoms with Gasteiger partial charge >= 0.3 is 0 Å². The van der Waals surface area contributed by atoms with E-state index in [0.717, 1.165) is 12.8 Å². The molecule has 2 N–H and O–H groups in total. The molecule has 0 radical (unpaired) electrons. The van der Waals surface area contributed by atoms with E-state index in [-0.39, 0.29) is 6.04 Å². The van der Waals surface area contributed by atoms with E-state index in [9.17, 15) is 0 Å². The topological polar surface area (TPSA) is 26.0 Å². The van der Waals surface area contributed by atoms with Gasteiger partial charge in [-0.2, -0.15) is 0 Å². The molecule has 1 aromatic rings. The third-order valence-electron chi connectivity index (χ3n) is 2.88. The molecule has 0 spiro atoms. The van der Waals surface area contributed by atoms with E-state index in [4.69, 9.17) is 5.73 Å². The van der Waals surface area contributed by atoms with Crippen LogP contribution >= 0.6 is 11.8 Å². The molecule has 0 saturated heterocycles. The summed E-state index contributed by atoms with van der Waals surface area (Å²) < 4.78 is 0. The highest BCUT2D eigenvalue weighted by Gasteiger charge is 2.27. The Kier molecular flexibility index (Phi) is 3.72. The fraction of sp³-hybridized carbons (Fsp3) is 0.429. The maximum Gasteiger partial charge on any atom is 0.0175 e. The van der Waals surface area contributed by atoms with Crippen molar-refractivity contribution in [1.82, 2.24) is 0 Å². The number of benzene rings is 1. The molecule has 1 aromatic carbocycles. The lowest BCUT2D eigenvalue weighted by molar-refractivity contribution is 0.614. The van der Waals surface area contributed by atoms with Gasteiger partial charge in [0.15, 0.2) is 0 Å². The van der Waals surface area contributed by atoms with Gasteiger partial charge in [0.25, 0.3) is 0 Å². The van der Waals surface area contributed by atoms with Crippen LogP contribution in [-0.2, 0) is 0 Å². The molecule has 16 heavy (non-hydrogen) atoms. The zero-order valence-corrected chi connectivity index (χ0v) is 10.8. The van der Waals surface area contributed by atoms with Crippen LogP contribution < -0.4 is 5.73 Å². The number of hydrogen-bond acceptors (Lipinski definition) is 2. The molecule has 0 saturated carbocycles.